The summed E-state index contributed by atoms with van der Waals surface area (Å²) in [5.74, 6) is -0.488. The smallest absolute Gasteiger partial charge is 0.416 e. The Kier molecular flexibility index (Phi) is 7.60. The van der Waals surface area contributed by atoms with E-state index < -0.39 is 17.6 Å². The Labute approximate surface area is 200 Å². The molecule has 0 radical (unpaired) electrons. The first-order valence-corrected chi connectivity index (χ1v) is 11.5. The lowest BCUT2D eigenvalue weighted by molar-refractivity contribution is -0.137. The van der Waals surface area contributed by atoms with Gasteiger partial charge in [0.05, 0.1) is 23.0 Å². The van der Waals surface area contributed by atoms with Gasteiger partial charge in [0.2, 0.25) is 0 Å². The summed E-state index contributed by atoms with van der Waals surface area (Å²) >= 11 is 1.31. The molecule has 0 spiro atoms. The molecule has 0 fully saturated rings. The summed E-state index contributed by atoms with van der Waals surface area (Å²) in [6, 6.07) is 2.80. The maximum Gasteiger partial charge on any atom is 0.416 e. The van der Waals surface area contributed by atoms with E-state index in [2.05, 4.69) is 28.8 Å². The highest BCUT2D eigenvalue weighted by atomic mass is 32.1. The van der Waals surface area contributed by atoms with Crippen molar-refractivity contribution in [3.8, 4) is 5.75 Å². The fraction of sp³-hybridized carbons (Fsp3) is 0.417. The maximum atomic E-state index is 13.4. The topological polar surface area (TPSA) is 69.4 Å². The Bertz CT molecular complexity index is 1210. The average molecular weight is 493 g/mol. The van der Waals surface area contributed by atoms with Crippen molar-refractivity contribution in [1.29, 1.82) is 0 Å². The Morgan fingerprint density at radius 2 is 1.94 bits per heavy atom. The SMILES string of the molecule is CC(C)Cc1cn(C(C)(C)C)sc1=NC(=O)c1cc(C(F)(F)F)ccc1OCc1cnccn1. The molecule has 10 heteroatoms. The molecule has 0 unspecified atom stereocenters. The van der Waals surface area contributed by atoms with E-state index in [1.165, 1.54) is 30.1 Å². The van der Waals surface area contributed by atoms with E-state index in [0.717, 1.165) is 23.8 Å². The zero-order valence-electron chi connectivity index (χ0n) is 19.7. The monoisotopic (exact) mass is 492 g/mol. The van der Waals surface area contributed by atoms with Gasteiger partial charge in [0.25, 0.3) is 5.91 Å². The Balaban J connectivity index is 2.05. The van der Waals surface area contributed by atoms with E-state index >= 15 is 0 Å². The fourth-order valence-electron chi connectivity index (χ4n) is 3.09. The predicted molar refractivity (Wildman–Crippen MR) is 124 cm³/mol. The average Bonchev–Trinajstić information content (AvgIpc) is 3.14. The molecule has 1 aromatic carbocycles. The first-order chi connectivity index (χ1) is 15.8. The molecule has 3 aromatic rings. The standard InChI is InChI=1S/C24H27F3N4O2S/c1-15(2)10-16-13-31(23(3,4)5)34-22(16)30-21(32)19-11-17(24(25,26)27)6-7-20(19)33-14-18-12-28-8-9-29-18/h6-9,11-13,15H,10,14H2,1-5H3. The van der Waals surface area contributed by atoms with Gasteiger partial charge in [0.1, 0.15) is 17.0 Å². The van der Waals surface area contributed by atoms with Gasteiger partial charge in [-0.3, -0.25) is 18.7 Å². The minimum Gasteiger partial charge on any atom is -0.486 e. The van der Waals surface area contributed by atoms with E-state index in [1.54, 1.807) is 0 Å². The molecule has 182 valence electrons. The summed E-state index contributed by atoms with van der Waals surface area (Å²) in [6.07, 6.45) is 2.47. The van der Waals surface area contributed by atoms with Crippen LogP contribution in [0.15, 0.2) is 48.0 Å². The highest BCUT2D eigenvalue weighted by molar-refractivity contribution is 7.04. The highest BCUT2D eigenvalue weighted by Crippen LogP contribution is 2.33. The third-order valence-electron chi connectivity index (χ3n) is 4.75. The normalized spacial score (nSPS) is 12.9. The van der Waals surface area contributed by atoms with E-state index in [9.17, 15) is 18.0 Å². The van der Waals surface area contributed by atoms with Crippen molar-refractivity contribution in [2.24, 2.45) is 10.9 Å². The van der Waals surface area contributed by atoms with Crippen LogP contribution < -0.4 is 9.41 Å². The molecule has 0 N–H and O–H groups in total. The number of carbonyl (C=O) groups excluding carboxylic acids is 1. The van der Waals surface area contributed by atoms with Gasteiger partial charge in [-0.1, -0.05) is 13.8 Å². The second-order valence-corrected chi connectivity index (χ2v) is 10.2. The number of ether oxygens (including phenoxy) is 1. The third kappa shape index (κ3) is 6.53. The van der Waals surface area contributed by atoms with Crippen LogP contribution in [0.3, 0.4) is 0 Å². The summed E-state index contributed by atoms with van der Waals surface area (Å²) in [5, 5.41) is 0. The molecule has 0 aliphatic heterocycles. The molecule has 6 nitrogen and oxygen atoms in total. The number of amides is 1. The van der Waals surface area contributed by atoms with E-state index in [4.69, 9.17) is 4.74 Å². The Morgan fingerprint density at radius 1 is 1.21 bits per heavy atom. The number of alkyl halides is 3. The summed E-state index contributed by atoms with van der Waals surface area (Å²) in [7, 11) is 0. The fourth-order valence-corrected chi connectivity index (χ4v) is 4.10. The van der Waals surface area contributed by atoms with Crippen molar-refractivity contribution in [1.82, 2.24) is 13.9 Å². The zero-order chi connectivity index (χ0) is 25.1. The molecule has 0 bridgehead atoms. The number of halogens is 3. The first kappa shape index (κ1) is 25.6. The number of hydrogen-bond donors (Lipinski definition) is 0. The van der Waals surface area contributed by atoms with Crippen LogP contribution in [-0.4, -0.2) is 19.8 Å². The van der Waals surface area contributed by atoms with Crippen LogP contribution >= 0.6 is 11.5 Å². The van der Waals surface area contributed by atoms with Crippen LogP contribution in [0.1, 0.15) is 61.8 Å². The van der Waals surface area contributed by atoms with Gasteiger partial charge >= 0.3 is 6.18 Å². The minimum atomic E-state index is -4.61. The van der Waals surface area contributed by atoms with Crippen LogP contribution in [-0.2, 0) is 24.7 Å². The van der Waals surface area contributed by atoms with Crippen molar-refractivity contribution >= 4 is 17.4 Å². The van der Waals surface area contributed by atoms with Gasteiger partial charge in [-0.15, -0.1) is 0 Å². The van der Waals surface area contributed by atoms with Gasteiger partial charge in [0, 0.05) is 29.7 Å². The number of carbonyl (C=O) groups is 1. The van der Waals surface area contributed by atoms with Gasteiger partial charge in [-0.2, -0.15) is 18.2 Å². The quantitative estimate of drug-likeness (QED) is 0.447. The molecular weight excluding hydrogens is 465 g/mol. The second-order valence-electron chi connectivity index (χ2n) is 9.26. The molecular formula is C24H27F3N4O2S. The molecule has 2 heterocycles. The molecule has 0 saturated carbocycles. The summed E-state index contributed by atoms with van der Waals surface area (Å²) < 4.78 is 48.3. The highest BCUT2D eigenvalue weighted by Gasteiger charge is 2.32. The molecule has 0 aliphatic carbocycles. The summed E-state index contributed by atoms with van der Waals surface area (Å²) in [4.78, 5) is 25.4. The van der Waals surface area contributed by atoms with Crippen molar-refractivity contribution in [3.05, 3.63) is 70.0 Å². The summed E-state index contributed by atoms with van der Waals surface area (Å²) in [6.45, 7) is 10.1. The third-order valence-corrected chi connectivity index (χ3v) is 6.13. The van der Waals surface area contributed by atoms with Gasteiger partial charge in [-0.25, -0.2) is 0 Å². The second kappa shape index (κ2) is 10.1. The van der Waals surface area contributed by atoms with Crippen molar-refractivity contribution in [2.75, 3.05) is 0 Å². The Hall–Kier alpha value is -3.01. The van der Waals surface area contributed by atoms with E-state index in [-0.39, 0.29) is 23.5 Å². The minimum absolute atomic E-state index is 0.00179. The van der Waals surface area contributed by atoms with Crippen molar-refractivity contribution in [2.45, 2.75) is 59.4 Å². The van der Waals surface area contributed by atoms with Crippen molar-refractivity contribution < 1.29 is 22.7 Å². The molecule has 0 atom stereocenters. The van der Waals surface area contributed by atoms with Gasteiger partial charge in [-0.05, 0) is 62.8 Å². The van der Waals surface area contributed by atoms with Crippen LogP contribution in [0.2, 0.25) is 0 Å². The largest absolute Gasteiger partial charge is 0.486 e. The van der Waals surface area contributed by atoms with E-state index in [0.29, 0.717) is 22.7 Å². The predicted octanol–water partition coefficient (Wildman–Crippen LogP) is 5.63. The number of benzene rings is 1. The molecule has 0 saturated heterocycles. The maximum absolute atomic E-state index is 13.4. The number of nitrogens with zero attached hydrogens (tertiary/aromatic N) is 4. The lowest BCUT2D eigenvalue weighted by atomic mass is 10.1. The van der Waals surface area contributed by atoms with Crippen LogP contribution in [0.25, 0.3) is 0 Å². The number of rotatable bonds is 6. The Morgan fingerprint density at radius 3 is 2.53 bits per heavy atom. The summed E-state index contributed by atoms with van der Waals surface area (Å²) in [5.41, 5.74) is -0.0890. The molecule has 2 aromatic heterocycles. The lowest BCUT2D eigenvalue weighted by Crippen LogP contribution is -2.18. The molecule has 34 heavy (non-hydrogen) atoms. The molecule has 0 aliphatic rings. The van der Waals surface area contributed by atoms with Gasteiger partial charge in [0.15, 0.2) is 0 Å². The van der Waals surface area contributed by atoms with Gasteiger partial charge < -0.3 is 4.74 Å². The molecule has 1 amide bonds. The van der Waals surface area contributed by atoms with Crippen LogP contribution in [0.5, 0.6) is 5.75 Å². The van der Waals surface area contributed by atoms with Crippen LogP contribution in [0.4, 0.5) is 13.2 Å². The zero-order valence-corrected chi connectivity index (χ0v) is 20.5. The number of hydrogen-bond acceptors (Lipinski definition) is 5. The first-order valence-electron chi connectivity index (χ1n) is 10.7. The van der Waals surface area contributed by atoms with Crippen molar-refractivity contribution in [3.63, 3.8) is 0 Å². The molecule has 3 rings (SSSR count). The number of aromatic nitrogens is 3. The lowest BCUT2D eigenvalue weighted by Gasteiger charge is -2.19. The van der Waals surface area contributed by atoms with Crippen LogP contribution in [0, 0.1) is 5.92 Å². The van der Waals surface area contributed by atoms with E-state index in [1.807, 2.05) is 30.9 Å².